The Bertz CT molecular complexity index is 1330. The van der Waals surface area contributed by atoms with Gasteiger partial charge in [-0.25, -0.2) is 4.79 Å². The fourth-order valence-corrected chi connectivity index (χ4v) is 5.03. The van der Waals surface area contributed by atoms with Crippen molar-refractivity contribution in [2.45, 2.75) is 19.0 Å². The second kappa shape index (κ2) is 12.3. The average Bonchev–Trinajstić information content (AvgIpc) is 3.45. The van der Waals surface area contributed by atoms with Gasteiger partial charge in [0.1, 0.15) is 12.7 Å². The number of amides is 1. The van der Waals surface area contributed by atoms with Crippen LogP contribution in [0.15, 0.2) is 66.7 Å². The molecule has 0 bridgehead atoms. The minimum atomic E-state index is -0.958. The minimum Gasteiger partial charge on any atom is -0.478 e. The summed E-state index contributed by atoms with van der Waals surface area (Å²) in [5.74, 6) is -1.09. The second-order valence-electron chi connectivity index (χ2n) is 9.24. The summed E-state index contributed by atoms with van der Waals surface area (Å²) < 4.78 is 0. The van der Waals surface area contributed by atoms with Gasteiger partial charge in [-0.2, -0.15) is 5.26 Å². The predicted octanol–water partition coefficient (Wildman–Crippen LogP) is 5.94. The van der Waals surface area contributed by atoms with E-state index in [-0.39, 0.29) is 30.7 Å². The minimum absolute atomic E-state index is 0.0143. The van der Waals surface area contributed by atoms with Crippen LogP contribution in [0.3, 0.4) is 0 Å². The Labute approximate surface area is 232 Å². The number of benzene rings is 3. The number of carboxylic acids is 1. The quantitative estimate of drug-likeness (QED) is 0.331. The van der Waals surface area contributed by atoms with Crippen LogP contribution in [0.5, 0.6) is 0 Å². The van der Waals surface area contributed by atoms with Gasteiger partial charge in [-0.15, -0.1) is 0 Å². The van der Waals surface area contributed by atoms with Crippen molar-refractivity contribution in [3.63, 3.8) is 0 Å². The Morgan fingerprint density at radius 1 is 0.974 bits per heavy atom. The summed E-state index contributed by atoms with van der Waals surface area (Å²) in [6.07, 6.45) is 1.87. The third-order valence-corrected chi connectivity index (χ3v) is 7.52. The first kappa shape index (κ1) is 27.5. The summed E-state index contributed by atoms with van der Waals surface area (Å²) in [7, 11) is 1.79. The van der Waals surface area contributed by atoms with Gasteiger partial charge in [-0.1, -0.05) is 59.6 Å². The Hall–Kier alpha value is -3.57. The molecule has 7 nitrogen and oxygen atoms in total. The number of aromatic carboxylic acids is 1. The Morgan fingerprint density at radius 3 is 2.13 bits per heavy atom. The molecule has 38 heavy (non-hydrogen) atoms. The molecule has 1 saturated heterocycles. The van der Waals surface area contributed by atoms with Gasteiger partial charge in [-0.05, 0) is 59.9 Å². The van der Waals surface area contributed by atoms with Crippen molar-refractivity contribution < 1.29 is 14.7 Å². The van der Waals surface area contributed by atoms with Gasteiger partial charge >= 0.3 is 5.97 Å². The zero-order chi connectivity index (χ0) is 27.2. The number of anilines is 1. The monoisotopic (exact) mass is 550 g/mol. The van der Waals surface area contributed by atoms with E-state index in [1.807, 2.05) is 24.3 Å². The Kier molecular flexibility index (Phi) is 8.90. The van der Waals surface area contributed by atoms with Crippen molar-refractivity contribution >= 4 is 40.8 Å². The van der Waals surface area contributed by atoms with E-state index >= 15 is 0 Å². The number of likely N-dealkylation sites (tertiary alicyclic amines) is 1. The maximum atomic E-state index is 13.5. The van der Waals surface area contributed by atoms with E-state index in [2.05, 4.69) is 11.0 Å². The van der Waals surface area contributed by atoms with Crippen LogP contribution in [0.2, 0.25) is 10.0 Å². The first-order chi connectivity index (χ1) is 18.3. The van der Waals surface area contributed by atoms with Crippen molar-refractivity contribution in [2.24, 2.45) is 0 Å². The summed E-state index contributed by atoms with van der Waals surface area (Å²) in [5, 5.41) is 19.3. The molecule has 4 rings (SSSR count). The maximum Gasteiger partial charge on any atom is 0.335 e. The van der Waals surface area contributed by atoms with Crippen LogP contribution in [0.4, 0.5) is 5.69 Å². The summed E-state index contributed by atoms with van der Waals surface area (Å²) in [6.45, 7) is 1.81. The van der Waals surface area contributed by atoms with Gasteiger partial charge in [0.2, 0.25) is 5.91 Å². The zero-order valence-corrected chi connectivity index (χ0v) is 22.5. The van der Waals surface area contributed by atoms with Crippen molar-refractivity contribution in [1.29, 1.82) is 5.26 Å². The van der Waals surface area contributed by atoms with E-state index in [0.717, 1.165) is 42.6 Å². The molecule has 196 valence electrons. The van der Waals surface area contributed by atoms with Gasteiger partial charge in [0, 0.05) is 25.8 Å². The van der Waals surface area contributed by atoms with Crippen LogP contribution >= 0.6 is 23.2 Å². The number of carboxylic acid groups (broad SMARTS) is 1. The maximum absolute atomic E-state index is 13.5. The third kappa shape index (κ3) is 6.28. The van der Waals surface area contributed by atoms with Gasteiger partial charge in [0.05, 0.1) is 28.2 Å². The number of halogens is 2. The van der Waals surface area contributed by atoms with Crippen LogP contribution in [0.25, 0.3) is 11.1 Å². The Balaban J connectivity index is 1.56. The molecule has 1 unspecified atom stereocenters. The third-order valence-electron chi connectivity index (χ3n) is 6.78. The highest BCUT2D eigenvalue weighted by Crippen LogP contribution is 2.31. The van der Waals surface area contributed by atoms with E-state index in [0.29, 0.717) is 15.7 Å². The number of carbonyl (C=O) groups is 2. The van der Waals surface area contributed by atoms with Crippen molar-refractivity contribution in [1.82, 2.24) is 9.80 Å². The number of hydrogen-bond acceptors (Lipinski definition) is 5. The van der Waals surface area contributed by atoms with E-state index in [1.165, 1.54) is 0 Å². The van der Waals surface area contributed by atoms with E-state index in [1.54, 1.807) is 59.3 Å². The summed E-state index contributed by atoms with van der Waals surface area (Å²) in [5.41, 5.74) is 3.75. The molecular weight excluding hydrogens is 523 g/mol. The van der Waals surface area contributed by atoms with Crippen molar-refractivity contribution in [2.75, 3.05) is 38.1 Å². The van der Waals surface area contributed by atoms with Gasteiger partial charge in [0.25, 0.3) is 0 Å². The SMILES string of the molecule is CN(C(=O)CN(CC#N)c1ccc(Cl)c(Cl)c1)C(c1ccc(-c2ccc(C(=O)O)cc2)cc1)N1CCCC1. The standard InChI is InChI=1S/C29H28Cl2N4O3/c1-33(27(36)19-35(17-14-32)24-12-13-25(30)26(31)18-24)28(34-15-2-3-16-34)22-8-4-20(5-9-22)21-6-10-23(11-7-21)29(37)38/h4-13,18,28H,2-3,15-17,19H2,1H3,(H,37,38). The average molecular weight is 551 g/mol. The molecule has 0 saturated carbocycles. The molecule has 9 heteroatoms. The predicted molar refractivity (Wildman–Crippen MR) is 149 cm³/mol. The largest absolute Gasteiger partial charge is 0.478 e. The fourth-order valence-electron chi connectivity index (χ4n) is 4.74. The lowest BCUT2D eigenvalue weighted by molar-refractivity contribution is -0.134. The summed E-state index contributed by atoms with van der Waals surface area (Å²) in [6, 6.07) is 22.0. The molecule has 3 aromatic carbocycles. The molecule has 0 aliphatic carbocycles. The molecular formula is C29H28Cl2N4O3. The highest BCUT2D eigenvalue weighted by atomic mass is 35.5. The van der Waals surface area contributed by atoms with Crippen molar-refractivity contribution in [3.8, 4) is 17.2 Å². The van der Waals surface area contributed by atoms with E-state index < -0.39 is 5.97 Å². The van der Waals surface area contributed by atoms with Gasteiger partial charge in [0.15, 0.2) is 0 Å². The highest BCUT2D eigenvalue weighted by Gasteiger charge is 2.30. The molecule has 1 aliphatic rings. The normalized spacial score (nSPS) is 14.1. The fraction of sp³-hybridized carbons (Fsp3) is 0.276. The second-order valence-corrected chi connectivity index (χ2v) is 10.1. The Morgan fingerprint density at radius 2 is 1.58 bits per heavy atom. The summed E-state index contributed by atoms with van der Waals surface area (Å²) in [4.78, 5) is 30.4. The first-order valence-electron chi connectivity index (χ1n) is 12.3. The van der Waals surface area contributed by atoms with Crippen LogP contribution in [0.1, 0.15) is 34.9 Å². The smallest absolute Gasteiger partial charge is 0.335 e. The lowest BCUT2D eigenvalue weighted by atomic mass is 10.0. The lowest BCUT2D eigenvalue weighted by Gasteiger charge is -2.37. The van der Waals surface area contributed by atoms with Crippen LogP contribution in [-0.4, -0.2) is 60.0 Å². The van der Waals surface area contributed by atoms with Crippen LogP contribution in [-0.2, 0) is 4.79 Å². The molecule has 0 radical (unpaired) electrons. The van der Waals surface area contributed by atoms with Gasteiger partial charge in [-0.3, -0.25) is 9.69 Å². The lowest BCUT2D eigenvalue weighted by Crippen LogP contribution is -2.45. The van der Waals surface area contributed by atoms with Gasteiger partial charge < -0.3 is 14.9 Å². The van der Waals surface area contributed by atoms with Crippen molar-refractivity contribution in [3.05, 3.63) is 87.9 Å². The number of rotatable bonds is 9. The number of nitriles is 1. The number of carbonyl (C=O) groups excluding carboxylic acids is 1. The number of nitrogens with zero attached hydrogens (tertiary/aromatic N) is 4. The van der Waals surface area contributed by atoms with Crippen LogP contribution < -0.4 is 4.90 Å². The molecule has 1 atom stereocenters. The molecule has 1 heterocycles. The highest BCUT2D eigenvalue weighted by molar-refractivity contribution is 6.42. The molecule has 1 N–H and O–H groups in total. The molecule has 1 fully saturated rings. The molecule has 1 aliphatic heterocycles. The molecule has 0 aromatic heterocycles. The zero-order valence-electron chi connectivity index (χ0n) is 21.0. The number of likely N-dealkylation sites (N-methyl/N-ethyl adjacent to an activating group) is 1. The topological polar surface area (TPSA) is 87.9 Å². The molecule has 1 amide bonds. The first-order valence-corrected chi connectivity index (χ1v) is 13.0. The number of hydrogen-bond donors (Lipinski definition) is 1. The van der Waals surface area contributed by atoms with E-state index in [4.69, 9.17) is 28.3 Å². The van der Waals surface area contributed by atoms with E-state index in [9.17, 15) is 14.9 Å². The summed E-state index contributed by atoms with van der Waals surface area (Å²) >= 11 is 12.2. The molecule has 3 aromatic rings. The molecule has 0 spiro atoms. The van der Waals surface area contributed by atoms with Crippen LogP contribution in [0, 0.1) is 11.3 Å².